The third kappa shape index (κ3) is 4.35. The second kappa shape index (κ2) is 5.00. The molecule has 92 valence electrons. The molecule has 0 spiro atoms. The molecule has 1 N–H and O–H groups in total. The highest BCUT2D eigenvalue weighted by Gasteiger charge is 2.26. The van der Waals surface area contributed by atoms with Gasteiger partial charge in [-0.1, -0.05) is 13.5 Å². The van der Waals surface area contributed by atoms with E-state index in [0.29, 0.717) is 18.9 Å². The zero-order valence-corrected chi connectivity index (χ0v) is 11.0. The summed E-state index contributed by atoms with van der Waals surface area (Å²) in [5, 5.41) is 3.38. The quantitative estimate of drug-likeness (QED) is 0.739. The fourth-order valence-electron chi connectivity index (χ4n) is 1.84. The molecule has 0 aromatic rings. The maximum Gasteiger partial charge on any atom is 0.223 e. The Morgan fingerprint density at radius 3 is 2.62 bits per heavy atom. The van der Waals surface area contributed by atoms with Gasteiger partial charge < -0.3 is 10.2 Å². The molecule has 0 aliphatic carbocycles. The fourth-order valence-corrected chi connectivity index (χ4v) is 1.84. The molecule has 1 aliphatic rings. The molecule has 1 rings (SSSR count). The minimum atomic E-state index is 0.102. The lowest BCUT2D eigenvalue weighted by atomic mass is 10.1. The molecule has 0 aromatic carbocycles. The summed E-state index contributed by atoms with van der Waals surface area (Å²) < 4.78 is 0. The largest absolute Gasteiger partial charge is 0.338 e. The molecule has 1 heterocycles. The first-order valence-corrected chi connectivity index (χ1v) is 5.97. The number of nitrogens with zero attached hydrogens (tertiary/aromatic N) is 1. The molecule has 3 heteroatoms. The van der Waals surface area contributed by atoms with Crippen molar-refractivity contribution in [3.8, 4) is 0 Å². The molecule has 0 aromatic heterocycles. The second-order valence-electron chi connectivity index (χ2n) is 5.94. The molecule has 1 saturated heterocycles. The third-order valence-corrected chi connectivity index (χ3v) is 2.69. The van der Waals surface area contributed by atoms with Gasteiger partial charge in [-0.15, -0.1) is 0 Å². The number of nitrogens with one attached hydrogen (secondary N) is 1. The summed E-state index contributed by atoms with van der Waals surface area (Å²) >= 11 is 0. The van der Waals surface area contributed by atoms with E-state index in [9.17, 15) is 4.79 Å². The van der Waals surface area contributed by atoms with Gasteiger partial charge in [-0.05, 0) is 32.3 Å². The lowest BCUT2D eigenvalue weighted by Crippen LogP contribution is -2.39. The van der Waals surface area contributed by atoms with Gasteiger partial charge in [0.1, 0.15) is 0 Å². The number of rotatable bonds is 4. The van der Waals surface area contributed by atoms with E-state index in [0.717, 1.165) is 18.7 Å². The van der Waals surface area contributed by atoms with Crippen molar-refractivity contribution >= 4 is 5.91 Å². The van der Waals surface area contributed by atoms with Gasteiger partial charge in [-0.3, -0.25) is 4.79 Å². The third-order valence-electron chi connectivity index (χ3n) is 2.69. The van der Waals surface area contributed by atoms with Crippen LogP contribution in [0.5, 0.6) is 0 Å². The van der Waals surface area contributed by atoms with Crippen LogP contribution in [0, 0.1) is 5.92 Å². The molecule has 1 aliphatic heterocycles. The molecule has 0 bridgehead atoms. The van der Waals surface area contributed by atoms with Crippen LogP contribution < -0.4 is 5.32 Å². The van der Waals surface area contributed by atoms with Crippen molar-refractivity contribution < 1.29 is 4.79 Å². The van der Waals surface area contributed by atoms with Gasteiger partial charge in [0.05, 0.1) is 0 Å². The highest BCUT2D eigenvalue weighted by atomic mass is 16.2. The van der Waals surface area contributed by atoms with Gasteiger partial charge in [-0.25, -0.2) is 0 Å². The molecule has 1 fully saturated rings. The highest BCUT2D eigenvalue weighted by Crippen LogP contribution is 2.17. The molecule has 0 radical (unpaired) electrons. The second-order valence-corrected chi connectivity index (χ2v) is 5.94. The summed E-state index contributed by atoms with van der Waals surface area (Å²) in [6.07, 6.45) is 0.694. The van der Waals surface area contributed by atoms with Crippen molar-refractivity contribution in [3.63, 3.8) is 0 Å². The van der Waals surface area contributed by atoms with E-state index in [-0.39, 0.29) is 11.4 Å². The summed E-state index contributed by atoms with van der Waals surface area (Å²) in [6.45, 7) is 14.9. The zero-order chi connectivity index (χ0) is 12.3. The van der Waals surface area contributed by atoms with E-state index in [4.69, 9.17) is 0 Å². The number of hydrogen-bond donors (Lipinski definition) is 1. The van der Waals surface area contributed by atoms with E-state index in [1.165, 1.54) is 0 Å². The minimum absolute atomic E-state index is 0.102. The highest BCUT2D eigenvalue weighted by molar-refractivity contribution is 5.78. The average Bonchev–Trinajstić information content (AvgIpc) is 2.41. The van der Waals surface area contributed by atoms with Crippen molar-refractivity contribution in [2.75, 3.05) is 19.6 Å². The van der Waals surface area contributed by atoms with Crippen LogP contribution in [0.2, 0.25) is 0 Å². The van der Waals surface area contributed by atoms with Crippen LogP contribution in [0.3, 0.4) is 0 Å². The summed E-state index contributed by atoms with van der Waals surface area (Å²) in [4.78, 5) is 13.5. The Balaban J connectivity index is 2.32. The van der Waals surface area contributed by atoms with Crippen molar-refractivity contribution in [2.24, 2.45) is 5.92 Å². The normalized spacial score (nSPS) is 21.6. The number of carbonyl (C=O) groups excluding carboxylic acids is 1. The smallest absolute Gasteiger partial charge is 0.223 e. The van der Waals surface area contributed by atoms with E-state index in [2.05, 4.69) is 39.6 Å². The van der Waals surface area contributed by atoms with Gasteiger partial charge in [0.25, 0.3) is 0 Å². The maximum atomic E-state index is 11.6. The first-order chi connectivity index (χ1) is 7.28. The molecular formula is C13H24N2O. The van der Waals surface area contributed by atoms with Crippen LogP contribution >= 0.6 is 0 Å². The molecular weight excluding hydrogens is 200 g/mol. The Morgan fingerprint density at radius 1 is 1.56 bits per heavy atom. The molecule has 16 heavy (non-hydrogen) atoms. The standard InChI is InChI=1S/C13H24N2O/c1-10-6-12(16)15(8-10)9-11(2)7-14-13(3,4)5/h10,14H,2,6-9H2,1,3-5H3. The van der Waals surface area contributed by atoms with E-state index in [1.54, 1.807) is 0 Å². The Hall–Kier alpha value is -0.830. The topological polar surface area (TPSA) is 32.3 Å². The summed E-state index contributed by atoms with van der Waals surface area (Å²) in [5.41, 5.74) is 1.18. The van der Waals surface area contributed by atoms with Crippen molar-refractivity contribution in [1.82, 2.24) is 10.2 Å². The van der Waals surface area contributed by atoms with Crippen LogP contribution in [0.15, 0.2) is 12.2 Å². The predicted molar refractivity (Wildman–Crippen MR) is 67.3 cm³/mol. The Bertz CT molecular complexity index is 278. The van der Waals surface area contributed by atoms with Gasteiger partial charge in [-0.2, -0.15) is 0 Å². The first kappa shape index (κ1) is 13.2. The van der Waals surface area contributed by atoms with E-state index < -0.39 is 0 Å². The molecule has 3 nitrogen and oxygen atoms in total. The van der Waals surface area contributed by atoms with Crippen molar-refractivity contribution in [3.05, 3.63) is 12.2 Å². The number of hydrogen-bond acceptors (Lipinski definition) is 2. The van der Waals surface area contributed by atoms with E-state index >= 15 is 0 Å². The Labute approximate surface area is 98.9 Å². The summed E-state index contributed by atoms with van der Waals surface area (Å²) in [5.74, 6) is 0.764. The van der Waals surface area contributed by atoms with Gasteiger partial charge in [0, 0.05) is 31.6 Å². The van der Waals surface area contributed by atoms with Crippen LogP contribution in [-0.4, -0.2) is 36.0 Å². The van der Waals surface area contributed by atoms with Crippen LogP contribution in [0.25, 0.3) is 0 Å². The van der Waals surface area contributed by atoms with Gasteiger partial charge in [0.2, 0.25) is 5.91 Å². The molecule has 0 saturated carbocycles. The Morgan fingerprint density at radius 2 is 2.19 bits per heavy atom. The number of amides is 1. The van der Waals surface area contributed by atoms with E-state index in [1.807, 2.05) is 4.90 Å². The molecule has 1 amide bonds. The lowest BCUT2D eigenvalue weighted by molar-refractivity contribution is -0.127. The average molecular weight is 224 g/mol. The zero-order valence-electron chi connectivity index (χ0n) is 11.0. The van der Waals surface area contributed by atoms with Gasteiger partial charge >= 0.3 is 0 Å². The lowest BCUT2D eigenvalue weighted by Gasteiger charge is -2.23. The molecule has 1 unspecified atom stereocenters. The SMILES string of the molecule is C=C(CNC(C)(C)C)CN1CC(C)CC1=O. The number of carbonyl (C=O) groups is 1. The predicted octanol–water partition coefficient (Wildman–Crippen LogP) is 1.80. The molecule has 1 atom stereocenters. The van der Waals surface area contributed by atoms with Crippen LogP contribution in [-0.2, 0) is 4.79 Å². The Kier molecular flexibility index (Phi) is 4.14. The monoisotopic (exact) mass is 224 g/mol. The maximum absolute atomic E-state index is 11.6. The summed E-state index contributed by atoms with van der Waals surface area (Å²) in [6, 6.07) is 0. The van der Waals surface area contributed by atoms with Crippen molar-refractivity contribution in [2.45, 2.75) is 39.7 Å². The first-order valence-electron chi connectivity index (χ1n) is 5.97. The van der Waals surface area contributed by atoms with Crippen LogP contribution in [0.4, 0.5) is 0 Å². The van der Waals surface area contributed by atoms with Crippen LogP contribution in [0.1, 0.15) is 34.1 Å². The summed E-state index contributed by atoms with van der Waals surface area (Å²) in [7, 11) is 0. The van der Waals surface area contributed by atoms with Crippen molar-refractivity contribution in [1.29, 1.82) is 0 Å². The fraction of sp³-hybridized carbons (Fsp3) is 0.769. The van der Waals surface area contributed by atoms with Gasteiger partial charge in [0.15, 0.2) is 0 Å². The minimum Gasteiger partial charge on any atom is -0.338 e. The number of likely N-dealkylation sites (tertiary alicyclic amines) is 1.